The van der Waals surface area contributed by atoms with E-state index in [4.69, 9.17) is 9.57 Å². The minimum absolute atomic E-state index is 0.150. The molecule has 6 heteroatoms. The Kier molecular flexibility index (Phi) is 9.23. The lowest BCUT2D eigenvalue weighted by Crippen LogP contribution is -2.38. The van der Waals surface area contributed by atoms with Gasteiger partial charge in [-0.2, -0.15) is 0 Å². The molecule has 0 aromatic rings. The van der Waals surface area contributed by atoms with Gasteiger partial charge in [0.1, 0.15) is 6.61 Å². The summed E-state index contributed by atoms with van der Waals surface area (Å²) in [5.41, 5.74) is 1.15. The molecule has 150 valence electrons. The molecule has 26 heavy (non-hydrogen) atoms. The number of carbonyl (C=O) groups excluding carboxylic acids is 1. The molecular weight excluding hydrogens is 330 g/mol. The second kappa shape index (κ2) is 11.4. The van der Waals surface area contributed by atoms with Crippen molar-refractivity contribution in [3.8, 4) is 0 Å². The summed E-state index contributed by atoms with van der Waals surface area (Å²) in [6, 6.07) is 0.585. The summed E-state index contributed by atoms with van der Waals surface area (Å²) in [5.74, 6) is 0.540. The first-order valence-electron chi connectivity index (χ1n) is 10.5. The van der Waals surface area contributed by atoms with Crippen molar-refractivity contribution in [3.05, 3.63) is 0 Å². The Bertz CT molecular complexity index is 456. The van der Waals surface area contributed by atoms with Gasteiger partial charge in [0.15, 0.2) is 0 Å². The fourth-order valence-corrected chi connectivity index (χ4v) is 4.06. The van der Waals surface area contributed by atoms with E-state index in [0.29, 0.717) is 25.2 Å². The van der Waals surface area contributed by atoms with Crippen LogP contribution in [0.4, 0.5) is 4.79 Å². The van der Waals surface area contributed by atoms with Gasteiger partial charge in [0, 0.05) is 25.0 Å². The summed E-state index contributed by atoms with van der Waals surface area (Å²) in [6.45, 7) is 11.2. The van der Waals surface area contributed by atoms with Crippen molar-refractivity contribution in [2.75, 3.05) is 39.4 Å². The molecule has 0 N–H and O–H groups in total. The minimum atomic E-state index is -0.150. The van der Waals surface area contributed by atoms with Crippen LogP contribution in [0.5, 0.6) is 0 Å². The fourth-order valence-electron chi connectivity index (χ4n) is 4.06. The number of hydrogen-bond donors (Lipinski definition) is 0. The third-order valence-corrected chi connectivity index (χ3v) is 5.60. The highest BCUT2D eigenvalue weighted by Gasteiger charge is 2.27. The predicted octanol–water partition coefficient (Wildman–Crippen LogP) is 3.90. The van der Waals surface area contributed by atoms with E-state index < -0.39 is 0 Å². The van der Waals surface area contributed by atoms with E-state index in [0.717, 1.165) is 57.6 Å². The van der Waals surface area contributed by atoms with Gasteiger partial charge in [-0.3, -0.25) is 0 Å². The van der Waals surface area contributed by atoms with Crippen LogP contribution in [0.1, 0.15) is 65.7 Å². The number of amides is 1. The van der Waals surface area contributed by atoms with Gasteiger partial charge in [-0.05, 0) is 71.9 Å². The Hall–Kier alpha value is -1.30. The molecule has 2 aliphatic rings. The number of rotatable bonds is 6. The number of oxime groups is 1. The van der Waals surface area contributed by atoms with Gasteiger partial charge in [0.05, 0.1) is 12.3 Å². The normalized spacial score (nSPS) is 26.1. The lowest BCUT2D eigenvalue weighted by molar-refractivity contribution is 0.107. The number of hydrogen-bond acceptors (Lipinski definition) is 5. The molecule has 6 nitrogen and oxygen atoms in total. The van der Waals surface area contributed by atoms with E-state index in [1.807, 2.05) is 11.8 Å². The highest BCUT2D eigenvalue weighted by Crippen LogP contribution is 2.24. The van der Waals surface area contributed by atoms with Gasteiger partial charge in [0.2, 0.25) is 0 Å². The highest BCUT2D eigenvalue weighted by molar-refractivity contribution is 5.83. The zero-order chi connectivity index (χ0) is 18.8. The monoisotopic (exact) mass is 367 g/mol. The van der Waals surface area contributed by atoms with E-state index in [2.05, 4.69) is 23.9 Å². The zero-order valence-electron chi connectivity index (χ0n) is 16.9. The third kappa shape index (κ3) is 6.45. The van der Waals surface area contributed by atoms with E-state index in [1.165, 1.54) is 19.3 Å². The van der Waals surface area contributed by atoms with E-state index >= 15 is 0 Å². The first kappa shape index (κ1) is 21.0. The Balaban J connectivity index is 1.83. The molecule has 0 aromatic carbocycles. The number of carbonyl (C=O) groups is 1. The van der Waals surface area contributed by atoms with Crippen LogP contribution in [0, 0.1) is 5.92 Å². The average Bonchev–Trinajstić information content (AvgIpc) is 3.03. The molecule has 0 saturated carbocycles. The van der Waals surface area contributed by atoms with Crippen LogP contribution in [0.3, 0.4) is 0 Å². The van der Waals surface area contributed by atoms with Gasteiger partial charge in [-0.25, -0.2) is 4.79 Å². The smallest absolute Gasteiger partial charge is 0.409 e. The predicted molar refractivity (Wildman–Crippen MR) is 105 cm³/mol. The van der Waals surface area contributed by atoms with E-state index in [9.17, 15) is 4.79 Å². The van der Waals surface area contributed by atoms with Crippen molar-refractivity contribution in [2.45, 2.75) is 71.8 Å². The van der Waals surface area contributed by atoms with Crippen molar-refractivity contribution in [1.82, 2.24) is 9.80 Å². The molecule has 2 heterocycles. The molecule has 2 atom stereocenters. The lowest BCUT2D eigenvalue weighted by atomic mass is 9.96. The maximum absolute atomic E-state index is 12.0. The minimum Gasteiger partial charge on any atom is -0.450 e. The number of ether oxygens (including phenoxy) is 1. The molecule has 0 aromatic heterocycles. The maximum Gasteiger partial charge on any atom is 0.409 e. The quantitative estimate of drug-likeness (QED) is 0.406. The Morgan fingerprint density at radius 2 is 1.85 bits per heavy atom. The summed E-state index contributed by atoms with van der Waals surface area (Å²) in [4.78, 5) is 21.9. The molecule has 2 saturated heterocycles. The van der Waals surface area contributed by atoms with Crippen molar-refractivity contribution in [2.24, 2.45) is 11.1 Å². The van der Waals surface area contributed by atoms with Crippen LogP contribution in [-0.4, -0.2) is 67.0 Å². The SMILES string of the molecule is CCCO/N=C(\C)C1CCCN(C2CCCN(C(=O)OCC)CC2)CC1. The first-order chi connectivity index (χ1) is 12.7. The number of nitrogens with zero attached hydrogens (tertiary/aromatic N) is 3. The molecule has 0 aliphatic carbocycles. The summed E-state index contributed by atoms with van der Waals surface area (Å²) in [7, 11) is 0. The molecule has 0 radical (unpaired) electrons. The second-order valence-corrected chi connectivity index (χ2v) is 7.50. The van der Waals surface area contributed by atoms with Crippen LogP contribution in [-0.2, 0) is 9.57 Å². The summed E-state index contributed by atoms with van der Waals surface area (Å²) < 4.78 is 5.17. The molecule has 1 amide bonds. The van der Waals surface area contributed by atoms with Crippen LogP contribution in [0.25, 0.3) is 0 Å². The molecule has 2 rings (SSSR count). The Labute approximate surface area is 158 Å². The summed E-state index contributed by atoms with van der Waals surface area (Å²) >= 11 is 0. The van der Waals surface area contributed by atoms with Crippen molar-refractivity contribution < 1.29 is 14.4 Å². The van der Waals surface area contributed by atoms with Gasteiger partial charge in [0.25, 0.3) is 0 Å². The Morgan fingerprint density at radius 3 is 2.62 bits per heavy atom. The van der Waals surface area contributed by atoms with Crippen molar-refractivity contribution >= 4 is 11.8 Å². The molecule has 2 aliphatic heterocycles. The van der Waals surface area contributed by atoms with Crippen LogP contribution < -0.4 is 0 Å². The molecule has 0 bridgehead atoms. The zero-order valence-corrected chi connectivity index (χ0v) is 16.9. The third-order valence-electron chi connectivity index (χ3n) is 5.60. The van der Waals surface area contributed by atoms with Crippen LogP contribution in [0.15, 0.2) is 5.16 Å². The molecule has 2 unspecified atom stereocenters. The summed E-state index contributed by atoms with van der Waals surface area (Å²) in [5, 5.41) is 4.32. The van der Waals surface area contributed by atoms with E-state index in [-0.39, 0.29) is 6.09 Å². The number of likely N-dealkylation sites (tertiary alicyclic amines) is 2. The Morgan fingerprint density at radius 1 is 1.04 bits per heavy atom. The van der Waals surface area contributed by atoms with Crippen LogP contribution in [0.2, 0.25) is 0 Å². The topological polar surface area (TPSA) is 54.4 Å². The lowest BCUT2D eigenvalue weighted by Gasteiger charge is -2.30. The summed E-state index contributed by atoms with van der Waals surface area (Å²) in [6.07, 6.45) is 7.70. The molecule has 0 spiro atoms. The van der Waals surface area contributed by atoms with Gasteiger partial charge in [-0.1, -0.05) is 12.1 Å². The van der Waals surface area contributed by atoms with Gasteiger partial charge >= 0.3 is 6.09 Å². The molecule has 2 fully saturated rings. The maximum atomic E-state index is 12.0. The van der Waals surface area contributed by atoms with Gasteiger partial charge in [-0.15, -0.1) is 0 Å². The fraction of sp³-hybridized carbons (Fsp3) is 0.900. The average molecular weight is 368 g/mol. The van der Waals surface area contributed by atoms with Crippen molar-refractivity contribution in [1.29, 1.82) is 0 Å². The van der Waals surface area contributed by atoms with Gasteiger partial charge < -0.3 is 19.4 Å². The second-order valence-electron chi connectivity index (χ2n) is 7.50. The first-order valence-corrected chi connectivity index (χ1v) is 10.5. The van der Waals surface area contributed by atoms with E-state index in [1.54, 1.807) is 0 Å². The largest absolute Gasteiger partial charge is 0.450 e. The highest BCUT2D eigenvalue weighted by atomic mass is 16.6. The molecular formula is C20H37N3O3. The standard InChI is InChI=1S/C20H37N3O3/c1-4-16-26-21-17(3)18-8-6-12-22(14-10-18)19-9-7-13-23(15-11-19)20(24)25-5-2/h18-19H,4-16H2,1-3H3/b21-17+. The van der Waals surface area contributed by atoms with Crippen LogP contribution >= 0.6 is 0 Å². The van der Waals surface area contributed by atoms with Crippen molar-refractivity contribution in [3.63, 3.8) is 0 Å².